The van der Waals surface area contributed by atoms with Crippen molar-refractivity contribution in [2.24, 2.45) is 0 Å². The summed E-state index contributed by atoms with van der Waals surface area (Å²) in [5, 5.41) is 9.12. The molecule has 5 heteroatoms. The number of fused-ring (bicyclic) bond motifs is 4. The minimum absolute atomic E-state index is 0.190. The number of hydrogen-bond donors (Lipinski definition) is 0. The summed E-state index contributed by atoms with van der Waals surface area (Å²) < 4.78 is 39.0. The second-order valence-electron chi connectivity index (χ2n) is 11.1. The number of sulfone groups is 1. The van der Waals surface area contributed by atoms with Crippen LogP contribution < -0.4 is 9.47 Å². The van der Waals surface area contributed by atoms with E-state index in [1.54, 1.807) is 48.5 Å². The van der Waals surface area contributed by atoms with Crippen LogP contribution in [0.15, 0.2) is 168 Å². The van der Waals surface area contributed by atoms with Crippen LogP contribution in [-0.4, -0.2) is 8.42 Å². The first-order chi connectivity index (χ1) is 22.0. The van der Waals surface area contributed by atoms with E-state index in [0.717, 1.165) is 21.5 Å². The summed E-state index contributed by atoms with van der Waals surface area (Å²) in [6.07, 6.45) is 0. The fraction of sp³-hybridized carbons (Fsp3) is 0. The maximum atomic E-state index is 13.4. The molecule has 0 aliphatic rings. The zero-order valence-corrected chi connectivity index (χ0v) is 24.9. The van der Waals surface area contributed by atoms with E-state index in [1.165, 1.54) is 21.5 Å². The van der Waals surface area contributed by atoms with Gasteiger partial charge in [0.2, 0.25) is 9.84 Å². The lowest BCUT2D eigenvalue weighted by Crippen LogP contribution is -2.01. The van der Waals surface area contributed by atoms with Crippen molar-refractivity contribution in [1.29, 1.82) is 0 Å². The minimum Gasteiger partial charge on any atom is -0.457 e. The van der Waals surface area contributed by atoms with Crippen LogP contribution >= 0.6 is 0 Å². The molecule has 45 heavy (non-hydrogen) atoms. The Hall–Kier alpha value is -5.65. The average Bonchev–Trinajstić information content (AvgIpc) is 3.07. The highest BCUT2D eigenvalue weighted by molar-refractivity contribution is 7.91. The van der Waals surface area contributed by atoms with E-state index < -0.39 is 9.84 Å². The molecule has 0 atom stereocenters. The van der Waals surface area contributed by atoms with Gasteiger partial charge in [0.25, 0.3) is 0 Å². The van der Waals surface area contributed by atoms with E-state index in [9.17, 15) is 8.42 Å². The second kappa shape index (κ2) is 10.8. The van der Waals surface area contributed by atoms with E-state index >= 15 is 0 Å². The molecule has 0 radical (unpaired) electrons. The quantitative estimate of drug-likeness (QED) is 0.178. The summed E-state index contributed by atoms with van der Waals surface area (Å²) in [4.78, 5) is 0.380. The first-order valence-electron chi connectivity index (χ1n) is 14.6. The van der Waals surface area contributed by atoms with Gasteiger partial charge in [-0.25, -0.2) is 8.42 Å². The maximum Gasteiger partial charge on any atom is 0.206 e. The highest BCUT2D eigenvalue weighted by Gasteiger charge is 2.18. The van der Waals surface area contributed by atoms with Crippen molar-refractivity contribution in [2.75, 3.05) is 0 Å². The molecule has 0 unspecified atom stereocenters. The molecule has 0 saturated heterocycles. The third kappa shape index (κ3) is 5.24. The van der Waals surface area contributed by atoms with Gasteiger partial charge in [0, 0.05) is 0 Å². The molecule has 0 N–H and O–H groups in total. The van der Waals surface area contributed by atoms with Gasteiger partial charge in [0.15, 0.2) is 0 Å². The molecule has 0 heterocycles. The first kappa shape index (κ1) is 26.9. The Morgan fingerprint density at radius 2 is 0.622 bits per heavy atom. The van der Waals surface area contributed by atoms with Gasteiger partial charge < -0.3 is 9.47 Å². The second-order valence-corrected chi connectivity index (χ2v) is 13.0. The van der Waals surface area contributed by atoms with Crippen molar-refractivity contribution in [3.63, 3.8) is 0 Å². The van der Waals surface area contributed by atoms with Crippen LogP contribution in [0.5, 0.6) is 23.0 Å². The molecule has 0 fully saturated rings. The molecule has 0 saturated carbocycles. The lowest BCUT2D eigenvalue weighted by molar-refractivity contribution is 0.483. The van der Waals surface area contributed by atoms with Gasteiger partial charge in [0.05, 0.1) is 9.79 Å². The van der Waals surface area contributed by atoms with Crippen LogP contribution in [0.3, 0.4) is 0 Å². The number of benzene rings is 8. The first-order valence-corrected chi connectivity index (χ1v) is 16.1. The van der Waals surface area contributed by atoms with E-state index in [4.69, 9.17) is 9.47 Å². The maximum absolute atomic E-state index is 13.4. The number of hydrogen-bond acceptors (Lipinski definition) is 4. The molecule has 0 aliphatic heterocycles. The summed E-state index contributed by atoms with van der Waals surface area (Å²) >= 11 is 0. The summed E-state index contributed by atoms with van der Waals surface area (Å²) in [6, 6.07) is 50.0. The normalized spacial score (nSPS) is 11.7. The van der Waals surface area contributed by atoms with Crippen molar-refractivity contribution in [3.8, 4) is 23.0 Å². The Labute approximate surface area is 260 Å². The summed E-state index contributed by atoms with van der Waals surface area (Å²) in [6.45, 7) is 0. The lowest BCUT2D eigenvalue weighted by atomic mass is 10.0. The third-order valence-electron chi connectivity index (χ3n) is 8.09. The van der Waals surface area contributed by atoms with Gasteiger partial charge >= 0.3 is 0 Å². The molecule has 0 bridgehead atoms. The zero-order chi connectivity index (χ0) is 30.4. The van der Waals surface area contributed by atoms with Crippen LogP contribution in [0.1, 0.15) is 0 Å². The molecule has 8 rings (SSSR count). The van der Waals surface area contributed by atoms with E-state index in [0.29, 0.717) is 23.0 Å². The van der Waals surface area contributed by atoms with Crippen molar-refractivity contribution in [1.82, 2.24) is 0 Å². The fourth-order valence-corrected chi connectivity index (χ4v) is 7.01. The predicted molar refractivity (Wildman–Crippen MR) is 181 cm³/mol. The van der Waals surface area contributed by atoms with Crippen LogP contribution in [0, 0.1) is 0 Å². The van der Waals surface area contributed by atoms with E-state index in [-0.39, 0.29) is 9.79 Å². The minimum atomic E-state index is -3.73. The molecular formula is C40H26O4S. The SMILES string of the molecule is O=S(=O)(c1ccc(Oc2ccc3cc4ccccc4cc3c2)cc1)c1ccc(Oc2ccc3cc4ccccc4cc3c2)cc1. The molecule has 0 aromatic heterocycles. The molecule has 216 valence electrons. The van der Waals surface area contributed by atoms with Gasteiger partial charge in [-0.05, 0) is 140 Å². The third-order valence-corrected chi connectivity index (χ3v) is 9.88. The average molecular weight is 603 g/mol. The van der Waals surface area contributed by atoms with Crippen molar-refractivity contribution >= 4 is 52.9 Å². The van der Waals surface area contributed by atoms with E-state index in [2.05, 4.69) is 48.5 Å². The van der Waals surface area contributed by atoms with Gasteiger partial charge in [-0.3, -0.25) is 0 Å². The van der Waals surface area contributed by atoms with Gasteiger partial charge in [-0.15, -0.1) is 0 Å². The number of rotatable bonds is 6. The highest BCUT2D eigenvalue weighted by atomic mass is 32.2. The molecule has 0 spiro atoms. The van der Waals surface area contributed by atoms with Crippen molar-refractivity contribution in [2.45, 2.75) is 9.79 Å². The fourth-order valence-electron chi connectivity index (χ4n) is 5.75. The standard InChI is InChI=1S/C40H26O4S/c41-45(42,39-17-13-35(14-18-39)43-37-11-9-31-21-27-5-1-3-7-29(27)23-33(31)25-37)40-19-15-36(16-20-40)44-38-12-10-32-22-28-6-2-4-8-30(28)24-34(32)26-38/h1-26H. The molecule has 0 aliphatic carbocycles. The molecule has 8 aromatic carbocycles. The Morgan fingerprint density at radius 3 is 1.00 bits per heavy atom. The van der Waals surface area contributed by atoms with E-state index in [1.807, 2.05) is 60.7 Å². The number of ether oxygens (including phenoxy) is 2. The monoisotopic (exact) mass is 602 g/mol. The topological polar surface area (TPSA) is 52.6 Å². The Kier molecular flexibility index (Phi) is 6.47. The lowest BCUT2D eigenvalue weighted by Gasteiger charge is -2.10. The molecular weight excluding hydrogens is 577 g/mol. The summed E-state index contributed by atoms with van der Waals surface area (Å²) in [5.41, 5.74) is 0. The molecule has 8 aromatic rings. The van der Waals surface area contributed by atoms with Crippen LogP contribution in [0.4, 0.5) is 0 Å². The van der Waals surface area contributed by atoms with Crippen LogP contribution in [-0.2, 0) is 9.84 Å². The Morgan fingerprint density at radius 1 is 0.311 bits per heavy atom. The molecule has 0 amide bonds. The van der Waals surface area contributed by atoms with Crippen molar-refractivity contribution < 1.29 is 17.9 Å². The predicted octanol–water partition coefficient (Wildman–Crippen LogP) is 10.7. The highest BCUT2D eigenvalue weighted by Crippen LogP contribution is 2.32. The Bertz CT molecular complexity index is 2310. The van der Waals surface area contributed by atoms with Crippen molar-refractivity contribution in [3.05, 3.63) is 158 Å². The zero-order valence-electron chi connectivity index (χ0n) is 24.1. The largest absolute Gasteiger partial charge is 0.457 e. The molecule has 4 nitrogen and oxygen atoms in total. The van der Waals surface area contributed by atoms with Gasteiger partial charge in [-0.1, -0.05) is 60.7 Å². The summed E-state index contributed by atoms with van der Waals surface area (Å²) in [7, 11) is -3.73. The van der Waals surface area contributed by atoms with Crippen LogP contribution in [0.25, 0.3) is 43.1 Å². The van der Waals surface area contributed by atoms with Gasteiger partial charge in [0.1, 0.15) is 23.0 Å². The van der Waals surface area contributed by atoms with Crippen LogP contribution in [0.2, 0.25) is 0 Å². The summed E-state index contributed by atoms with van der Waals surface area (Å²) in [5.74, 6) is 2.48. The Balaban J connectivity index is 0.980. The van der Waals surface area contributed by atoms with Gasteiger partial charge in [-0.2, -0.15) is 0 Å². The smallest absolute Gasteiger partial charge is 0.206 e.